The number of amides is 1. The molecular weight excluding hydrogens is 316 g/mol. The van der Waals surface area contributed by atoms with Gasteiger partial charge in [0, 0.05) is 0 Å². The van der Waals surface area contributed by atoms with E-state index in [2.05, 4.69) is 4.74 Å². The van der Waals surface area contributed by atoms with Gasteiger partial charge < -0.3 is 9.47 Å². The molecule has 0 aromatic heterocycles. The van der Waals surface area contributed by atoms with E-state index in [1.54, 1.807) is 0 Å². The number of β-lactam (4-membered cyclic amide) rings is 1. The van der Waals surface area contributed by atoms with Crippen molar-refractivity contribution in [1.29, 1.82) is 0 Å². The fourth-order valence-electron chi connectivity index (χ4n) is 1.19. The topological polar surface area (TPSA) is 55.8 Å². The van der Waals surface area contributed by atoms with Gasteiger partial charge >= 0.3 is 6.16 Å². The smallest absolute Gasteiger partial charge is 0.430 e. The van der Waals surface area contributed by atoms with Crippen LogP contribution in [0.25, 0.3) is 0 Å². The molecule has 0 N–H and O–H groups in total. The Bertz CT molecular complexity index is 319. The van der Waals surface area contributed by atoms with E-state index in [0.717, 1.165) is 0 Å². The third kappa shape index (κ3) is 4.58. The second-order valence-corrected chi connectivity index (χ2v) is 6.33. The van der Waals surface area contributed by atoms with E-state index in [4.69, 9.17) is 51.1 Å². The fourth-order valence-corrected chi connectivity index (χ4v) is 1.76. The van der Waals surface area contributed by atoms with Gasteiger partial charge in [-0.1, -0.05) is 46.4 Å². The lowest BCUT2D eigenvalue weighted by Gasteiger charge is -2.39. The quantitative estimate of drug-likeness (QED) is 0.346. The maximum atomic E-state index is 11.2. The Labute approximate surface area is 118 Å². The Morgan fingerprint density at radius 3 is 2.59 bits per heavy atom. The predicted molar refractivity (Wildman–Crippen MR) is 63.3 cm³/mol. The normalized spacial score (nSPS) is 21.8. The molecule has 0 bridgehead atoms. The van der Waals surface area contributed by atoms with Crippen LogP contribution in [0.15, 0.2) is 0 Å². The first-order valence-electron chi connectivity index (χ1n) is 4.56. The van der Waals surface area contributed by atoms with E-state index < -0.39 is 28.3 Å². The third-order valence-corrected chi connectivity index (χ3v) is 2.64. The summed E-state index contributed by atoms with van der Waals surface area (Å²) in [7, 11) is 0. The van der Waals surface area contributed by atoms with Crippen LogP contribution in [0.4, 0.5) is 4.79 Å². The summed E-state index contributed by atoms with van der Waals surface area (Å²) in [6.07, 6.45) is -1.63. The van der Waals surface area contributed by atoms with Gasteiger partial charge in [0.05, 0.1) is 6.42 Å². The SMILES string of the molecule is CC(OC(=O)OCC(Cl)(Cl)Cl)N1C(=O)CC1Cl. The molecule has 17 heavy (non-hydrogen) atoms. The number of ether oxygens (including phenoxy) is 2. The minimum absolute atomic E-state index is 0.202. The molecule has 0 saturated carbocycles. The standard InChI is InChI=1S/C8H9Cl4NO4/c1-4(13-5(9)2-6(13)14)17-7(15)16-3-8(10,11)12/h4-5H,2-3H2,1H3. The van der Waals surface area contributed by atoms with Crippen molar-refractivity contribution in [1.82, 2.24) is 4.90 Å². The molecule has 1 aliphatic rings. The van der Waals surface area contributed by atoms with Crippen LogP contribution in [0.1, 0.15) is 13.3 Å². The minimum Gasteiger partial charge on any atom is -0.430 e. The van der Waals surface area contributed by atoms with E-state index in [-0.39, 0.29) is 12.3 Å². The van der Waals surface area contributed by atoms with Crippen LogP contribution >= 0.6 is 46.4 Å². The van der Waals surface area contributed by atoms with E-state index >= 15 is 0 Å². The van der Waals surface area contributed by atoms with Crippen molar-refractivity contribution >= 4 is 58.5 Å². The van der Waals surface area contributed by atoms with Crippen LogP contribution in [-0.4, -0.2) is 39.1 Å². The molecule has 1 fully saturated rings. The lowest BCUT2D eigenvalue weighted by Crippen LogP contribution is -2.55. The van der Waals surface area contributed by atoms with Crippen LogP contribution in [0, 0.1) is 0 Å². The van der Waals surface area contributed by atoms with Crippen molar-refractivity contribution in [3.63, 3.8) is 0 Å². The first kappa shape index (κ1) is 15.0. The molecule has 0 aromatic carbocycles. The van der Waals surface area contributed by atoms with Crippen LogP contribution in [0.5, 0.6) is 0 Å². The monoisotopic (exact) mass is 323 g/mol. The highest BCUT2D eigenvalue weighted by atomic mass is 35.6. The average Bonchev–Trinajstić information content (AvgIpc) is 2.12. The molecule has 1 saturated heterocycles. The zero-order valence-corrected chi connectivity index (χ0v) is 11.7. The van der Waals surface area contributed by atoms with Gasteiger partial charge in [-0.05, 0) is 6.92 Å². The molecule has 0 aliphatic carbocycles. The summed E-state index contributed by atoms with van der Waals surface area (Å²) < 4.78 is 7.60. The second kappa shape index (κ2) is 5.69. The van der Waals surface area contributed by atoms with Crippen molar-refractivity contribution < 1.29 is 19.1 Å². The van der Waals surface area contributed by atoms with Crippen molar-refractivity contribution in [2.24, 2.45) is 0 Å². The van der Waals surface area contributed by atoms with Crippen molar-refractivity contribution in [2.75, 3.05) is 6.61 Å². The molecular formula is C8H9Cl4NO4. The molecule has 2 unspecified atom stereocenters. The largest absolute Gasteiger partial charge is 0.510 e. The molecule has 0 radical (unpaired) electrons. The molecule has 9 heteroatoms. The molecule has 1 rings (SSSR count). The van der Waals surface area contributed by atoms with Crippen LogP contribution < -0.4 is 0 Å². The number of halogens is 4. The number of alkyl halides is 4. The lowest BCUT2D eigenvalue weighted by molar-refractivity contribution is -0.156. The van der Waals surface area contributed by atoms with Crippen LogP contribution in [0.2, 0.25) is 0 Å². The molecule has 1 aliphatic heterocycles. The van der Waals surface area contributed by atoms with E-state index in [1.165, 1.54) is 11.8 Å². The molecule has 5 nitrogen and oxygen atoms in total. The summed E-state index contributed by atoms with van der Waals surface area (Å²) in [6.45, 7) is 1.05. The van der Waals surface area contributed by atoms with Gasteiger partial charge in [0.15, 0.2) is 6.23 Å². The van der Waals surface area contributed by atoms with Gasteiger partial charge in [-0.3, -0.25) is 9.69 Å². The number of carbonyl (C=O) groups excluding carboxylic acids is 2. The first-order chi connectivity index (χ1) is 7.70. The summed E-state index contributed by atoms with van der Waals surface area (Å²) in [5.41, 5.74) is -0.474. The highest BCUT2D eigenvalue weighted by Gasteiger charge is 2.39. The maximum Gasteiger partial charge on any atom is 0.510 e. The molecule has 98 valence electrons. The average molecular weight is 325 g/mol. The zero-order chi connectivity index (χ0) is 13.2. The highest BCUT2D eigenvalue weighted by Crippen LogP contribution is 2.27. The summed E-state index contributed by atoms with van der Waals surface area (Å²) in [4.78, 5) is 23.5. The van der Waals surface area contributed by atoms with Crippen molar-refractivity contribution in [3.05, 3.63) is 0 Å². The summed E-state index contributed by atoms with van der Waals surface area (Å²) in [6, 6.07) is 0. The second-order valence-electron chi connectivity index (χ2n) is 3.31. The molecule has 2 atom stereocenters. The molecule has 0 aromatic rings. The van der Waals surface area contributed by atoms with Gasteiger partial charge in [0.1, 0.15) is 12.1 Å². The third-order valence-electron chi connectivity index (χ3n) is 1.95. The fraction of sp³-hybridized carbons (Fsp3) is 0.750. The number of hydrogen-bond donors (Lipinski definition) is 0. The first-order valence-corrected chi connectivity index (χ1v) is 6.13. The lowest BCUT2D eigenvalue weighted by atomic mass is 10.2. The summed E-state index contributed by atoms with van der Waals surface area (Å²) >= 11 is 21.9. The number of hydrogen-bond acceptors (Lipinski definition) is 4. The predicted octanol–water partition coefficient (Wildman–Crippen LogP) is 2.65. The number of likely N-dealkylation sites (tertiary alicyclic amines) is 1. The Morgan fingerprint density at radius 1 is 1.59 bits per heavy atom. The molecule has 1 heterocycles. The van der Waals surface area contributed by atoms with Gasteiger partial charge in [0.25, 0.3) is 0 Å². The van der Waals surface area contributed by atoms with Gasteiger partial charge in [-0.25, -0.2) is 4.79 Å². The van der Waals surface area contributed by atoms with Gasteiger partial charge in [0.2, 0.25) is 9.70 Å². The van der Waals surface area contributed by atoms with Gasteiger partial charge in [-0.15, -0.1) is 0 Å². The highest BCUT2D eigenvalue weighted by molar-refractivity contribution is 6.67. The van der Waals surface area contributed by atoms with Gasteiger partial charge in [-0.2, -0.15) is 0 Å². The Balaban J connectivity index is 2.33. The van der Waals surface area contributed by atoms with Crippen LogP contribution in [0.3, 0.4) is 0 Å². The summed E-state index contributed by atoms with van der Waals surface area (Å²) in [5, 5.41) is 0. The number of carbonyl (C=O) groups is 2. The van der Waals surface area contributed by atoms with Crippen molar-refractivity contribution in [2.45, 2.75) is 28.9 Å². The number of nitrogens with zero attached hydrogens (tertiary/aromatic N) is 1. The molecule has 0 spiro atoms. The molecule has 1 amide bonds. The van der Waals surface area contributed by atoms with E-state index in [9.17, 15) is 9.59 Å². The Kier molecular flexibility index (Phi) is 5.01. The Morgan fingerprint density at radius 2 is 2.18 bits per heavy atom. The zero-order valence-electron chi connectivity index (χ0n) is 8.66. The van der Waals surface area contributed by atoms with Crippen molar-refractivity contribution in [3.8, 4) is 0 Å². The summed E-state index contributed by atoms with van der Waals surface area (Å²) in [5.74, 6) is -0.202. The van der Waals surface area contributed by atoms with E-state index in [1.807, 2.05) is 0 Å². The van der Waals surface area contributed by atoms with Crippen LogP contribution in [-0.2, 0) is 14.3 Å². The Hall–Kier alpha value is -0.100. The number of rotatable bonds is 3. The minimum atomic E-state index is -1.70. The maximum absolute atomic E-state index is 11.2. The van der Waals surface area contributed by atoms with E-state index in [0.29, 0.717) is 0 Å².